The highest BCUT2D eigenvalue weighted by Crippen LogP contribution is 2.07. The van der Waals surface area contributed by atoms with Crippen LogP contribution in [-0.2, 0) is 0 Å². The molecule has 4 heteroatoms. The first-order chi connectivity index (χ1) is 4.84. The van der Waals surface area contributed by atoms with E-state index in [1.165, 1.54) is 0 Å². The Kier molecular flexibility index (Phi) is 2.50. The van der Waals surface area contributed by atoms with Gasteiger partial charge in [0.2, 0.25) is 0 Å². The number of para-hydroxylation sites is 1. The molecule has 3 nitrogen and oxygen atoms in total. The van der Waals surface area contributed by atoms with Gasteiger partial charge in [-0.15, -0.1) is 4.94 Å². The van der Waals surface area contributed by atoms with E-state index >= 15 is 0 Å². The summed E-state index contributed by atoms with van der Waals surface area (Å²) in [6.07, 6.45) is 0. The molecule has 0 spiro atoms. The Hall–Kier alpha value is -0.770. The molecule has 0 aliphatic carbocycles. The molecule has 0 aromatic heterocycles. The van der Waals surface area contributed by atoms with Gasteiger partial charge in [-0.3, -0.25) is 5.21 Å². The number of nitrogens with zero attached hydrogens (tertiary/aromatic N) is 1. The number of rotatable bonds is 2. The Bertz CT molecular complexity index is 192. The third-order valence-electron chi connectivity index (χ3n) is 1.08. The zero-order valence-corrected chi connectivity index (χ0v) is 5.92. The lowest BCUT2D eigenvalue weighted by atomic mass is 10.3. The fourth-order valence-electron chi connectivity index (χ4n) is 0.618. The molecule has 1 aromatic rings. The summed E-state index contributed by atoms with van der Waals surface area (Å²) < 4.78 is 0. The maximum atomic E-state index is 8.92. The minimum absolute atomic E-state index is 0.595. The zero-order valence-electron chi connectivity index (χ0n) is 5.16. The quantitative estimate of drug-likeness (QED) is 0.506. The summed E-state index contributed by atoms with van der Waals surface area (Å²) in [6.45, 7) is 0. The van der Waals surface area contributed by atoms with Gasteiger partial charge < -0.3 is 0 Å². The number of hydrazine groups is 1. The molecule has 0 heterocycles. The van der Waals surface area contributed by atoms with Crippen LogP contribution in [0.5, 0.6) is 0 Å². The van der Waals surface area contributed by atoms with Crippen LogP contribution in [0.2, 0.25) is 0 Å². The van der Waals surface area contributed by atoms with E-state index in [0.29, 0.717) is 5.69 Å². The van der Waals surface area contributed by atoms with Crippen molar-refractivity contribution < 1.29 is 5.21 Å². The number of anilines is 1. The number of benzene rings is 1. The highest BCUT2D eigenvalue weighted by molar-refractivity contribution is 6.13. The molecule has 54 valence electrons. The fourth-order valence-corrected chi connectivity index (χ4v) is 0.716. The van der Waals surface area contributed by atoms with Crippen molar-refractivity contribution in [3.8, 4) is 0 Å². The lowest BCUT2D eigenvalue weighted by molar-refractivity contribution is 0.240. The molecule has 1 rings (SSSR count). The van der Waals surface area contributed by atoms with E-state index in [9.17, 15) is 0 Å². The molecular weight excluding hydrogens is 152 g/mol. The molecule has 0 amide bonds. The van der Waals surface area contributed by atoms with Crippen molar-refractivity contribution in [2.75, 3.05) is 5.17 Å². The number of halogens is 1. The van der Waals surface area contributed by atoms with Gasteiger partial charge in [0.1, 0.15) is 0 Å². The number of nitrogens with one attached hydrogen (secondary N) is 1. The molecule has 0 unspecified atom stereocenters. The number of hydrogen-bond acceptors (Lipinski definition) is 3. The van der Waals surface area contributed by atoms with Crippen LogP contribution in [-0.4, -0.2) is 5.21 Å². The molecule has 0 aliphatic rings. The van der Waals surface area contributed by atoms with Crippen molar-refractivity contribution in [2.45, 2.75) is 0 Å². The lowest BCUT2D eigenvalue weighted by Crippen LogP contribution is -2.26. The van der Waals surface area contributed by atoms with E-state index in [1.807, 2.05) is 11.0 Å². The van der Waals surface area contributed by atoms with Crippen molar-refractivity contribution in [1.29, 1.82) is 0 Å². The summed E-state index contributed by atoms with van der Waals surface area (Å²) in [5.41, 5.74) is 0.595. The van der Waals surface area contributed by atoms with E-state index in [0.717, 1.165) is 5.17 Å². The molecule has 0 saturated carbocycles. The monoisotopic (exact) mass is 158 g/mol. The highest BCUT2D eigenvalue weighted by Gasteiger charge is 1.95. The highest BCUT2D eigenvalue weighted by atomic mass is 35.5. The van der Waals surface area contributed by atoms with Crippen molar-refractivity contribution in [1.82, 2.24) is 4.94 Å². The molecule has 1 aromatic carbocycles. The van der Waals surface area contributed by atoms with E-state index in [1.54, 1.807) is 24.3 Å². The Morgan fingerprint density at radius 2 is 1.90 bits per heavy atom. The van der Waals surface area contributed by atoms with Crippen LogP contribution in [0.4, 0.5) is 5.69 Å². The largest absolute Gasteiger partial charge is 0.272 e. The Labute approximate surface area is 63.9 Å². The summed E-state index contributed by atoms with van der Waals surface area (Å²) in [4.78, 5) is 2.04. The zero-order chi connectivity index (χ0) is 7.40. The van der Waals surface area contributed by atoms with Gasteiger partial charge in [0.25, 0.3) is 0 Å². The first-order valence-corrected chi connectivity index (χ1v) is 3.12. The van der Waals surface area contributed by atoms with Crippen molar-refractivity contribution in [3.63, 3.8) is 0 Å². The minimum atomic E-state index is 0.595. The smallest absolute Gasteiger partial charge is 0.0834 e. The van der Waals surface area contributed by atoms with Crippen LogP contribution in [0.3, 0.4) is 0 Å². The fraction of sp³-hybridized carbons (Fsp3) is 0. The molecule has 0 radical (unpaired) electrons. The average molecular weight is 159 g/mol. The molecule has 10 heavy (non-hydrogen) atoms. The molecule has 0 bridgehead atoms. The van der Waals surface area contributed by atoms with E-state index in [2.05, 4.69) is 0 Å². The average Bonchev–Trinajstić information content (AvgIpc) is 2.05. The van der Waals surface area contributed by atoms with Gasteiger partial charge in [-0.25, -0.2) is 0 Å². The van der Waals surface area contributed by atoms with Gasteiger partial charge in [-0.05, 0) is 23.9 Å². The second-order valence-corrected chi connectivity index (χ2v) is 1.90. The standard InChI is InChI=1S/C6H7ClN2O/c7-8-9(10)6-4-2-1-3-5-6/h1-5,8,10H. The van der Waals surface area contributed by atoms with E-state index < -0.39 is 0 Å². The Morgan fingerprint density at radius 3 is 2.40 bits per heavy atom. The van der Waals surface area contributed by atoms with Crippen LogP contribution in [0.1, 0.15) is 0 Å². The van der Waals surface area contributed by atoms with Crippen molar-refractivity contribution in [3.05, 3.63) is 30.3 Å². The maximum absolute atomic E-state index is 8.92. The summed E-state index contributed by atoms with van der Waals surface area (Å²) in [5, 5.41) is 9.64. The van der Waals surface area contributed by atoms with Gasteiger partial charge in [-0.1, -0.05) is 18.2 Å². The topological polar surface area (TPSA) is 35.5 Å². The molecule has 2 N–H and O–H groups in total. The molecular formula is C6H7ClN2O. The molecule has 0 aliphatic heterocycles. The predicted molar refractivity (Wildman–Crippen MR) is 39.7 cm³/mol. The first-order valence-electron chi connectivity index (χ1n) is 2.75. The summed E-state index contributed by atoms with van der Waals surface area (Å²) in [6, 6.07) is 8.88. The second-order valence-electron chi connectivity index (χ2n) is 1.73. The maximum Gasteiger partial charge on any atom is 0.0834 e. The molecule has 0 atom stereocenters. The van der Waals surface area contributed by atoms with Crippen LogP contribution in [0.25, 0.3) is 0 Å². The summed E-state index contributed by atoms with van der Waals surface area (Å²) >= 11 is 5.11. The third-order valence-corrected chi connectivity index (χ3v) is 1.24. The van der Waals surface area contributed by atoms with Gasteiger partial charge in [-0.2, -0.15) is 5.17 Å². The van der Waals surface area contributed by atoms with Gasteiger partial charge in [0.15, 0.2) is 0 Å². The lowest BCUT2D eigenvalue weighted by Gasteiger charge is -2.11. The van der Waals surface area contributed by atoms with E-state index in [-0.39, 0.29) is 0 Å². The second kappa shape index (κ2) is 3.41. The van der Waals surface area contributed by atoms with Crippen molar-refractivity contribution in [2.24, 2.45) is 0 Å². The summed E-state index contributed by atoms with van der Waals surface area (Å²) in [7, 11) is 0. The van der Waals surface area contributed by atoms with Gasteiger partial charge in [0.05, 0.1) is 5.69 Å². The van der Waals surface area contributed by atoms with Gasteiger partial charge >= 0.3 is 0 Å². The molecule has 0 fully saturated rings. The van der Waals surface area contributed by atoms with E-state index in [4.69, 9.17) is 17.0 Å². The molecule has 0 saturated heterocycles. The van der Waals surface area contributed by atoms with Crippen LogP contribution >= 0.6 is 11.8 Å². The van der Waals surface area contributed by atoms with Crippen LogP contribution in [0, 0.1) is 0 Å². The first kappa shape index (κ1) is 7.34. The van der Waals surface area contributed by atoms with Gasteiger partial charge in [0, 0.05) is 0 Å². The third kappa shape index (κ3) is 1.60. The number of hydrogen-bond donors (Lipinski definition) is 2. The van der Waals surface area contributed by atoms with Crippen LogP contribution in [0.15, 0.2) is 30.3 Å². The Morgan fingerprint density at radius 1 is 1.30 bits per heavy atom. The Balaban J connectivity index is 2.75. The van der Waals surface area contributed by atoms with Crippen LogP contribution < -0.4 is 10.1 Å². The SMILES string of the molecule is ON(NCl)c1ccccc1. The normalized spacial score (nSPS) is 9.40. The minimum Gasteiger partial charge on any atom is -0.272 e. The summed E-state index contributed by atoms with van der Waals surface area (Å²) in [5.74, 6) is 0. The van der Waals surface area contributed by atoms with Crippen molar-refractivity contribution >= 4 is 17.5 Å². The predicted octanol–water partition coefficient (Wildman–Crippen LogP) is 1.54.